The number of carbonyl (C=O) groups is 2. The molecule has 23 heavy (non-hydrogen) atoms. The Balaban J connectivity index is 1.74. The molecule has 2 heterocycles. The summed E-state index contributed by atoms with van der Waals surface area (Å²) in [5.74, 6) is 0.673. The molecule has 2 aliphatic rings. The lowest BCUT2D eigenvalue weighted by atomic mass is 9.87. The minimum absolute atomic E-state index is 0.0402. The van der Waals surface area contributed by atoms with Crippen LogP contribution in [0.3, 0.4) is 0 Å². The highest BCUT2D eigenvalue weighted by Crippen LogP contribution is 2.34. The number of likely N-dealkylation sites (tertiary alicyclic amines) is 1. The van der Waals surface area contributed by atoms with Gasteiger partial charge in [0.15, 0.2) is 0 Å². The number of benzene rings is 1. The van der Waals surface area contributed by atoms with Gasteiger partial charge >= 0.3 is 0 Å². The van der Waals surface area contributed by atoms with Crippen molar-refractivity contribution in [1.82, 2.24) is 10.2 Å². The molecule has 1 N–H and O–H groups in total. The number of carbonyl (C=O) groups excluding carboxylic acids is 2. The van der Waals surface area contributed by atoms with Gasteiger partial charge in [0.2, 0.25) is 11.8 Å². The van der Waals surface area contributed by atoms with Crippen LogP contribution in [0.1, 0.15) is 50.5 Å². The highest BCUT2D eigenvalue weighted by molar-refractivity contribution is 5.84. The molecule has 0 aromatic heterocycles. The van der Waals surface area contributed by atoms with Gasteiger partial charge in [-0.1, -0.05) is 37.3 Å². The minimum Gasteiger partial charge on any atom is -0.355 e. The molecule has 2 aliphatic heterocycles. The summed E-state index contributed by atoms with van der Waals surface area (Å²) in [5.41, 5.74) is 1.33. The summed E-state index contributed by atoms with van der Waals surface area (Å²) in [6.45, 7) is 3.57. The van der Waals surface area contributed by atoms with Gasteiger partial charge in [0.25, 0.3) is 0 Å². The molecule has 0 unspecified atom stereocenters. The van der Waals surface area contributed by atoms with Crippen LogP contribution >= 0.6 is 0 Å². The second-order valence-electron chi connectivity index (χ2n) is 6.71. The topological polar surface area (TPSA) is 49.4 Å². The van der Waals surface area contributed by atoms with Crippen LogP contribution in [-0.4, -0.2) is 35.8 Å². The van der Waals surface area contributed by atoms with E-state index >= 15 is 0 Å². The number of nitrogens with one attached hydrogen (secondary N) is 1. The van der Waals surface area contributed by atoms with Crippen LogP contribution < -0.4 is 5.32 Å². The molecule has 2 saturated heterocycles. The van der Waals surface area contributed by atoms with Crippen molar-refractivity contribution >= 4 is 11.8 Å². The lowest BCUT2D eigenvalue weighted by Crippen LogP contribution is -2.47. The van der Waals surface area contributed by atoms with Crippen LogP contribution in [0.4, 0.5) is 0 Å². The van der Waals surface area contributed by atoms with E-state index in [9.17, 15) is 9.59 Å². The molecular formula is C19H26N2O2. The Hall–Kier alpha value is -1.84. The van der Waals surface area contributed by atoms with Gasteiger partial charge in [0.05, 0.1) is 5.92 Å². The maximum Gasteiger partial charge on any atom is 0.227 e. The summed E-state index contributed by atoms with van der Waals surface area (Å²) in [6, 6.07) is 10.9. The molecule has 0 aliphatic carbocycles. The fourth-order valence-electron chi connectivity index (χ4n) is 4.09. The number of nitrogens with zero attached hydrogens (tertiary/aromatic N) is 1. The lowest BCUT2D eigenvalue weighted by Gasteiger charge is -2.35. The molecule has 4 nitrogen and oxygen atoms in total. The first-order valence-corrected chi connectivity index (χ1v) is 8.82. The SMILES string of the molecule is CC[C@H](c1ccccc1)[C@@H]1CCCN1C(=O)[C@@H]1CCC(=O)NC1. The molecule has 1 aromatic carbocycles. The Kier molecular flexibility index (Phi) is 4.99. The van der Waals surface area contributed by atoms with Crippen LogP contribution in [0, 0.1) is 5.92 Å². The van der Waals surface area contributed by atoms with Crippen molar-refractivity contribution in [3.05, 3.63) is 35.9 Å². The standard InChI is InChI=1S/C19H26N2O2/c1-2-16(14-7-4-3-5-8-14)17-9-6-12-21(17)19(23)15-10-11-18(22)20-13-15/h3-5,7-8,15-17H,2,6,9-13H2,1H3,(H,20,22)/t15-,16-,17+/m1/s1. The largest absolute Gasteiger partial charge is 0.355 e. The molecule has 0 bridgehead atoms. The number of hydrogen-bond acceptors (Lipinski definition) is 2. The monoisotopic (exact) mass is 314 g/mol. The van der Waals surface area contributed by atoms with E-state index in [4.69, 9.17) is 0 Å². The van der Waals surface area contributed by atoms with Gasteiger partial charge in [0.1, 0.15) is 0 Å². The molecular weight excluding hydrogens is 288 g/mol. The summed E-state index contributed by atoms with van der Waals surface area (Å²) < 4.78 is 0. The fourth-order valence-corrected chi connectivity index (χ4v) is 4.09. The first-order valence-electron chi connectivity index (χ1n) is 8.82. The maximum atomic E-state index is 12.9. The van der Waals surface area contributed by atoms with Crippen LogP contribution in [0.2, 0.25) is 0 Å². The van der Waals surface area contributed by atoms with Crippen LogP contribution in [0.5, 0.6) is 0 Å². The Morgan fingerprint density at radius 1 is 1.30 bits per heavy atom. The van der Waals surface area contributed by atoms with Gasteiger partial charge in [-0.15, -0.1) is 0 Å². The minimum atomic E-state index is -0.0402. The van der Waals surface area contributed by atoms with Crippen molar-refractivity contribution in [2.75, 3.05) is 13.1 Å². The van der Waals surface area contributed by atoms with E-state index in [1.807, 2.05) is 6.07 Å². The van der Waals surface area contributed by atoms with Crippen LogP contribution in [0.25, 0.3) is 0 Å². The second kappa shape index (κ2) is 7.16. The smallest absolute Gasteiger partial charge is 0.227 e. The molecule has 1 aromatic rings. The molecule has 0 saturated carbocycles. The van der Waals surface area contributed by atoms with Crippen molar-refractivity contribution in [1.29, 1.82) is 0 Å². The van der Waals surface area contributed by atoms with Gasteiger partial charge in [-0.3, -0.25) is 9.59 Å². The van der Waals surface area contributed by atoms with Gasteiger partial charge in [-0.05, 0) is 31.2 Å². The second-order valence-corrected chi connectivity index (χ2v) is 6.71. The van der Waals surface area contributed by atoms with Crippen molar-refractivity contribution in [3.8, 4) is 0 Å². The van der Waals surface area contributed by atoms with E-state index in [0.717, 1.165) is 25.8 Å². The van der Waals surface area contributed by atoms with Crippen LogP contribution in [0.15, 0.2) is 30.3 Å². The molecule has 4 heteroatoms. The first kappa shape index (κ1) is 16.0. The number of piperidine rings is 1. The highest BCUT2D eigenvalue weighted by atomic mass is 16.2. The Labute approximate surface area is 138 Å². The maximum absolute atomic E-state index is 12.9. The zero-order valence-electron chi connectivity index (χ0n) is 13.8. The van der Waals surface area contributed by atoms with E-state index in [-0.39, 0.29) is 17.7 Å². The normalized spacial score (nSPS) is 26.0. The van der Waals surface area contributed by atoms with E-state index in [2.05, 4.69) is 41.4 Å². The molecule has 0 radical (unpaired) electrons. The molecule has 3 atom stereocenters. The lowest BCUT2D eigenvalue weighted by molar-refractivity contribution is -0.138. The van der Waals surface area contributed by atoms with Crippen molar-refractivity contribution in [2.45, 2.75) is 51.0 Å². The summed E-state index contributed by atoms with van der Waals surface area (Å²) in [4.78, 5) is 26.4. The van der Waals surface area contributed by atoms with Gasteiger partial charge in [-0.2, -0.15) is 0 Å². The third-order valence-electron chi connectivity index (χ3n) is 5.33. The van der Waals surface area contributed by atoms with E-state index in [0.29, 0.717) is 31.3 Å². The molecule has 2 fully saturated rings. The van der Waals surface area contributed by atoms with E-state index < -0.39 is 0 Å². The van der Waals surface area contributed by atoms with Gasteiger partial charge in [0, 0.05) is 31.5 Å². The summed E-state index contributed by atoms with van der Waals surface area (Å²) in [6.07, 6.45) is 4.37. The summed E-state index contributed by atoms with van der Waals surface area (Å²) in [5, 5.41) is 2.84. The van der Waals surface area contributed by atoms with Gasteiger partial charge in [-0.25, -0.2) is 0 Å². The number of rotatable bonds is 4. The quantitative estimate of drug-likeness (QED) is 0.929. The van der Waals surface area contributed by atoms with Crippen molar-refractivity contribution in [3.63, 3.8) is 0 Å². The Morgan fingerprint density at radius 2 is 2.09 bits per heavy atom. The third-order valence-corrected chi connectivity index (χ3v) is 5.33. The van der Waals surface area contributed by atoms with Gasteiger partial charge < -0.3 is 10.2 Å². The Morgan fingerprint density at radius 3 is 2.74 bits per heavy atom. The van der Waals surface area contributed by atoms with Crippen LogP contribution in [-0.2, 0) is 9.59 Å². The van der Waals surface area contributed by atoms with E-state index in [1.165, 1.54) is 5.56 Å². The van der Waals surface area contributed by atoms with Crippen molar-refractivity contribution in [2.24, 2.45) is 5.92 Å². The molecule has 2 amide bonds. The number of hydrogen-bond donors (Lipinski definition) is 1. The highest BCUT2D eigenvalue weighted by Gasteiger charge is 2.38. The average Bonchev–Trinajstić information content (AvgIpc) is 3.06. The zero-order valence-corrected chi connectivity index (χ0v) is 13.8. The molecule has 3 rings (SSSR count). The predicted octanol–water partition coefficient (Wildman–Crippen LogP) is 2.70. The van der Waals surface area contributed by atoms with Crippen molar-refractivity contribution < 1.29 is 9.59 Å². The first-order chi connectivity index (χ1) is 11.2. The predicted molar refractivity (Wildman–Crippen MR) is 89.9 cm³/mol. The van der Waals surface area contributed by atoms with E-state index in [1.54, 1.807) is 0 Å². The zero-order chi connectivity index (χ0) is 16.2. The average molecular weight is 314 g/mol. The molecule has 0 spiro atoms. The third kappa shape index (κ3) is 3.41. The molecule has 124 valence electrons. The Bertz CT molecular complexity index is 548. The summed E-state index contributed by atoms with van der Waals surface area (Å²) in [7, 11) is 0. The number of amides is 2. The fraction of sp³-hybridized carbons (Fsp3) is 0.579. The summed E-state index contributed by atoms with van der Waals surface area (Å²) >= 11 is 0.